The lowest BCUT2D eigenvalue weighted by Crippen LogP contribution is -2.12. The first-order valence-electron chi connectivity index (χ1n) is 6.63. The number of fused-ring (bicyclic) bond motifs is 1. The number of hydrogen-bond donors (Lipinski definition) is 0. The number of ether oxygens (including phenoxy) is 2. The second-order valence-corrected chi connectivity index (χ2v) is 5.47. The Morgan fingerprint density at radius 1 is 1.40 bits per heavy atom. The molecule has 0 saturated heterocycles. The van der Waals surface area contributed by atoms with Crippen LogP contribution < -0.4 is 0 Å². The predicted molar refractivity (Wildman–Crippen MR) is 78.1 cm³/mol. The first kappa shape index (κ1) is 14.9. The van der Waals surface area contributed by atoms with Gasteiger partial charge < -0.3 is 9.47 Å². The molecule has 0 aliphatic heterocycles. The van der Waals surface area contributed by atoms with Gasteiger partial charge in [-0.15, -0.1) is 0 Å². The predicted octanol–water partition coefficient (Wildman–Crippen LogP) is 3.27. The highest BCUT2D eigenvalue weighted by Gasteiger charge is 2.23. The van der Waals surface area contributed by atoms with Crippen molar-refractivity contribution in [3.8, 4) is 0 Å². The number of thiazole rings is 1. The number of aromatic nitrogens is 2. The third kappa shape index (κ3) is 2.81. The SMILES string of the molecule is CCOC(=O)c1cnc2sc(C)nc2c1C(C)OCC. The highest BCUT2D eigenvalue weighted by molar-refractivity contribution is 7.18. The van der Waals surface area contributed by atoms with Crippen LogP contribution in [0.25, 0.3) is 10.3 Å². The van der Waals surface area contributed by atoms with E-state index in [0.29, 0.717) is 18.8 Å². The Balaban J connectivity index is 2.60. The Bertz CT molecular complexity index is 624. The molecule has 1 atom stereocenters. The van der Waals surface area contributed by atoms with E-state index in [1.807, 2.05) is 20.8 Å². The zero-order valence-electron chi connectivity index (χ0n) is 12.1. The molecule has 0 fully saturated rings. The van der Waals surface area contributed by atoms with Gasteiger partial charge in [-0.1, -0.05) is 11.3 Å². The molecule has 5 nitrogen and oxygen atoms in total. The third-order valence-electron chi connectivity index (χ3n) is 2.89. The fourth-order valence-corrected chi connectivity index (χ4v) is 2.89. The molecule has 2 rings (SSSR count). The lowest BCUT2D eigenvalue weighted by molar-refractivity contribution is 0.0501. The lowest BCUT2D eigenvalue weighted by Gasteiger charge is -2.15. The molecule has 0 N–H and O–H groups in total. The molecule has 0 aromatic carbocycles. The number of carbonyl (C=O) groups is 1. The molecule has 20 heavy (non-hydrogen) atoms. The average molecular weight is 294 g/mol. The normalized spacial score (nSPS) is 12.6. The lowest BCUT2D eigenvalue weighted by atomic mass is 10.0. The van der Waals surface area contributed by atoms with Crippen LogP contribution in [0.2, 0.25) is 0 Å². The molecule has 2 aromatic heterocycles. The van der Waals surface area contributed by atoms with Crippen molar-refractivity contribution in [2.45, 2.75) is 33.8 Å². The number of rotatable bonds is 5. The summed E-state index contributed by atoms with van der Waals surface area (Å²) in [7, 11) is 0. The maximum absolute atomic E-state index is 12.1. The first-order valence-corrected chi connectivity index (χ1v) is 7.44. The molecule has 0 aliphatic carbocycles. The fourth-order valence-electron chi connectivity index (χ4n) is 2.12. The summed E-state index contributed by atoms with van der Waals surface area (Å²) in [5.74, 6) is -0.380. The monoisotopic (exact) mass is 294 g/mol. The van der Waals surface area contributed by atoms with Crippen LogP contribution in [0.3, 0.4) is 0 Å². The van der Waals surface area contributed by atoms with E-state index in [9.17, 15) is 4.79 Å². The Hall–Kier alpha value is -1.53. The minimum absolute atomic E-state index is 0.230. The van der Waals surface area contributed by atoms with Crippen molar-refractivity contribution in [2.75, 3.05) is 13.2 Å². The minimum atomic E-state index is -0.380. The average Bonchev–Trinajstić information content (AvgIpc) is 2.78. The summed E-state index contributed by atoms with van der Waals surface area (Å²) in [4.78, 5) is 21.7. The largest absolute Gasteiger partial charge is 0.462 e. The van der Waals surface area contributed by atoms with E-state index in [0.717, 1.165) is 20.9 Å². The Morgan fingerprint density at radius 2 is 2.15 bits per heavy atom. The summed E-state index contributed by atoms with van der Waals surface area (Å²) in [6.45, 7) is 8.43. The van der Waals surface area contributed by atoms with Gasteiger partial charge in [0.2, 0.25) is 0 Å². The minimum Gasteiger partial charge on any atom is -0.462 e. The van der Waals surface area contributed by atoms with E-state index in [-0.39, 0.29) is 12.1 Å². The second-order valence-electron chi connectivity index (χ2n) is 4.29. The molecule has 6 heteroatoms. The second kappa shape index (κ2) is 6.28. The Labute approximate surface area is 122 Å². The third-order valence-corrected chi connectivity index (χ3v) is 3.77. The van der Waals surface area contributed by atoms with Gasteiger partial charge in [0.25, 0.3) is 0 Å². The summed E-state index contributed by atoms with van der Waals surface area (Å²) in [6.07, 6.45) is 1.33. The Morgan fingerprint density at radius 3 is 2.80 bits per heavy atom. The van der Waals surface area contributed by atoms with Crippen LogP contribution in [0.4, 0.5) is 0 Å². The number of esters is 1. The van der Waals surface area contributed by atoms with Gasteiger partial charge in [-0.2, -0.15) is 0 Å². The van der Waals surface area contributed by atoms with E-state index in [2.05, 4.69) is 9.97 Å². The van der Waals surface area contributed by atoms with Gasteiger partial charge >= 0.3 is 5.97 Å². The van der Waals surface area contributed by atoms with Crippen LogP contribution in [-0.4, -0.2) is 29.2 Å². The van der Waals surface area contributed by atoms with Crippen molar-refractivity contribution >= 4 is 27.7 Å². The van der Waals surface area contributed by atoms with Gasteiger partial charge in [0, 0.05) is 18.4 Å². The van der Waals surface area contributed by atoms with E-state index in [4.69, 9.17) is 9.47 Å². The molecule has 2 aromatic rings. The quantitative estimate of drug-likeness (QED) is 0.792. The molecule has 0 aliphatic rings. The highest BCUT2D eigenvalue weighted by atomic mass is 32.1. The van der Waals surface area contributed by atoms with E-state index in [1.54, 1.807) is 13.1 Å². The van der Waals surface area contributed by atoms with Gasteiger partial charge in [0.15, 0.2) is 0 Å². The van der Waals surface area contributed by atoms with Gasteiger partial charge in [-0.25, -0.2) is 14.8 Å². The summed E-state index contributed by atoms with van der Waals surface area (Å²) in [5, 5.41) is 0.915. The number of nitrogens with zero attached hydrogens (tertiary/aromatic N) is 2. The van der Waals surface area contributed by atoms with Crippen molar-refractivity contribution in [3.05, 3.63) is 22.3 Å². The van der Waals surface area contributed by atoms with Crippen molar-refractivity contribution in [2.24, 2.45) is 0 Å². The van der Waals surface area contributed by atoms with Crippen LogP contribution in [0.5, 0.6) is 0 Å². The van der Waals surface area contributed by atoms with E-state index in [1.165, 1.54) is 11.3 Å². The number of carbonyl (C=O) groups excluding carboxylic acids is 1. The zero-order chi connectivity index (χ0) is 14.7. The van der Waals surface area contributed by atoms with Crippen LogP contribution in [-0.2, 0) is 9.47 Å². The van der Waals surface area contributed by atoms with Crippen molar-refractivity contribution in [1.82, 2.24) is 9.97 Å². The summed E-state index contributed by atoms with van der Waals surface area (Å²) in [6, 6.07) is 0. The summed E-state index contributed by atoms with van der Waals surface area (Å²) >= 11 is 1.51. The van der Waals surface area contributed by atoms with Crippen molar-refractivity contribution in [3.63, 3.8) is 0 Å². The molecule has 2 heterocycles. The summed E-state index contributed by atoms with van der Waals surface area (Å²) < 4.78 is 10.7. The van der Waals surface area contributed by atoms with E-state index < -0.39 is 0 Å². The van der Waals surface area contributed by atoms with Gasteiger partial charge in [0.05, 0.1) is 23.3 Å². The topological polar surface area (TPSA) is 61.3 Å². The molecular weight excluding hydrogens is 276 g/mol. The molecule has 0 bridgehead atoms. The summed E-state index contributed by atoms with van der Waals surface area (Å²) in [5.41, 5.74) is 1.93. The molecule has 0 spiro atoms. The van der Waals surface area contributed by atoms with Crippen molar-refractivity contribution < 1.29 is 14.3 Å². The molecule has 108 valence electrons. The zero-order valence-corrected chi connectivity index (χ0v) is 12.9. The molecule has 1 unspecified atom stereocenters. The van der Waals surface area contributed by atoms with Crippen LogP contribution in [0, 0.1) is 6.92 Å². The molecule has 0 amide bonds. The maximum atomic E-state index is 12.1. The fraction of sp³-hybridized carbons (Fsp3) is 0.500. The smallest absolute Gasteiger partial charge is 0.340 e. The number of pyridine rings is 1. The molecule has 0 radical (unpaired) electrons. The van der Waals surface area contributed by atoms with E-state index >= 15 is 0 Å². The standard InChI is InChI=1S/C14H18N2O3S/c1-5-18-8(3)11-10(14(17)19-6-2)7-15-13-12(11)16-9(4)20-13/h7-8H,5-6H2,1-4H3. The highest BCUT2D eigenvalue weighted by Crippen LogP contribution is 2.31. The Kier molecular flexibility index (Phi) is 4.67. The van der Waals surface area contributed by atoms with Gasteiger partial charge in [0.1, 0.15) is 10.3 Å². The first-order chi connectivity index (χ1) is 9.58. The van der Waals surface area contributed by atoms with Crippen LogP contribution >= 0.6 is 11.3 Å². The van der Waals surface area contributed by atoms with Gasteiger partial charge in [-0.3, -0.25) is 0 Å². The van der Waals surface area contributed by atoms with Crippen LogP contribution in [0.1, 0.15) is 47.8 Å². The maximum Gasteiger partial charge on any atom is 0.340 e. The molecule has 0 saturated carbocycles. The molecular formula is C14H18N2O3S. The van der Waals surface area contributed by atoms with Gasteiger partial charge in [-0.05, 0) is 27.7 Å². The van der Waals surface area contributed by atoms with Crippen LogP contribution in [0.15, 0.2) is 6.20 Å². The van der Waals surface area contributed by atoms with Crippen molar-refractivity contribution in [1.29, 1.82) is 0 Å². The number of hydrogen-bond acceptors (Lipinski definition) is 6. The number of aryl methyl sites for hydroxylation is 1.